The van der Waals surface area contributed by atoms with Crippen molar-refractivity contribution in [2.24, 2.45) is 11.8 Å². The van der Waals surface area contributed by atoms with Gasteiger partial charge in [0.05, 0.1) is 23.1 Å². The summed E-state index contributed by atoms with van der Waals surface area (Å²) in [6.07, 6.45) is 3.97. The van der Waals surface area contributed by atoms with E-state index in [1.54, 1.807) is 0 Å². The standard InChI is InChI=1S/C24H29Cl2N5O3S2/c25-21-13-20(22(26)35-21)36(32,33)28-15-17-7-5-16(6-8-17)14-27-24-29-19-4-2-1-3-18(19)23(30-24)31-9-11-34-12-10-31/h1-4,13,16-17,28H,5-12,14-15H2,(H,27,29,30). The summed E-state index contributed by atoms with van der Waals surface area (Å²) < 4.78 is 34.0. The van der Waals surface area contributed by atoms with Crippen molar-refractivity contribution in [3.63, 3.8) is 0 Å². The van der Waals surface area contributed by atoms with Crippen LogP contribution in [0.5, 0.6) is 0 Å². The normalized spacial score (nSPS) is 21.1. The molecule has 0 unspecified atom stereocenters. The van der Waals surface area contributed by atoms with Crippen LogP contribution in [0.3, 0.4) is 0 Å². The number of rotatable bonds is 8. The second-order valence-corrected chi connectivity index (χ2v) is 13.3. The van der Waals surface area contributed by atoms with Gasteiger partial charge in [0, 0.05) is 31.6 Å². The SMILES string of the molecule is O=S(=O)(NCC1CCC(CNc2nc(N3CCOCC3)c3ccccc3n2)CC1)c1cc(Cl)sc1Cl. The van der Waals surface area contributed by atoms with Crippen LogP contribution in [-0.2, 0) is 14.8 Å². The number of ether oxygens (including phenoxy) is 1. The van der Waals surface area contributed by atoms with Gasteiger partial charge >= 0.3 is 0 Å². The van der Waals surface area contributed by atoms with E-state index in [0.29, 0.717) is 41.9 Å². The lowest BCUT2D eigenvalue weighted by atomic mass is 9.82. The molecule has 2 aromatic heterocycles. The fourth-order valence-electron chi connectivity index (χ4n) is 4.84. The Hall–Kier alpha value is -1.69. The molecule has 5 rings (SSSR count). The first-order valence-electron chi connectivity index (χ1n) is 12.2. The summed E-state index contributed by atoms with van der Waals surface area (Å²) in [6.45, 7) is 4.24. The lowest BCUT2D eigenvalue weighted by Gasteiger charge is -2.30. The van der Waals surface area contributed by atoms with E-state index in [9.17, 15) is 8.42 Å². The molecule has 0 spiro atoms. The van der Waals surface area contributed by atoms with E-state index in [0.717, 1.165) is 73.4 Å². The zero-order valence-corrected chi connectivity index (χ0v) is 22.9. The third-order valence-electron chi connectivity index (χ3n) is 6.89. The van der Waals surface area contributed by atoms with Crippen LogP contribution in [-0.4, -0.2) is 57.8 Å². The predicted molar refractivity (Wildman–Crippen MR) is 146 cm³/mol. The Labute approximate surface area is 225 Å². The quantitative estimate of drug-likeness (QED) is 0.392. The summed E-state index contributed by atoms with van der Waals surface area (Å²) in [7, 11) is -3.66. The van der Waals surface area contributed by atoms with Crippen molar-refractivity contribution >= 4 is 67.2 Å². The van der Waals surface area contributed by atoms with Crippen molar-refractivity contribution in [2.45, 2.75) is 30.6 Å². The monoisotopic (exact) mass is 569 g/mol. The predicted octanol–water partition coefficient (Wildman–Crippen LogP) is 5.03. The molecule has 0 atom stereocenters. The summed E-state index contributed by atoms with van der Waals surface area (Å²) in [4.78, 5) is 11.9. The van der Waals surface area contributed by atoms with Crippen LogP contribution in [0, 0.1) is 11.8 Å². The highest BCUT2D eigenvalue weighted by Crippen LogP contribution is 2.35. The van der Waals surface area contributed by atoms with Crippen molar-refractivity contribution < 1.29 is 13.2 Å². The fraction of sp³-hybridized carbons (Fsp3) is 0.500. The maximum Gasteiger partial charge on any atom is 0.242 e. The van der Waals surface area contributed by atoms with E-state index in [-0.39, 0.29) is 9.23 Å². The van der Waals surface area contributed by atoms with Crippen LogP contribution in [0.25, 0.3) is 10.9 Å². The maximum atomic E-state index is 12.6. The van der Waals surface area contributed by atoms with Gasteiger partial charge in [-0.15, -0.1) is 11.3 Å². The lowest BCUT2D eigenvalue weighted by Crippen LogP contribution is -2.37. The van der Waals surface area contributed by atoms with Crippen molar-refractivity contribution in [3.05, 3.63) is 39.0 Å². The molecule has 194 valence electrons. The number of nitrogens with one attached hydrogen (secondary N) is 2. The van der Waals surface area contributed by atoms with Gasteiger partial charge in [0.2, 0.25) is 16.0 Å². The Bertz CT molecular complexity index is 1310. The molecule has 2 aliphatic rings. The van der Waals surface area contributed by atoms with Crippen LogP contribution < -0.4 is 14.9 Å². The van der Waals surface area contributed by atoms with Crippen LogP contribution in [0.1, 0.15) is 25.7 Å². The molecular weight excluding hydrogens is 541 g/mol. The van der Waals surface area contributed by atoms with E-state index in [2.05, 4.69) is 21.0 Å². The molecule has 12 heteroatoms. The number of morpholine rings is 1. The Kier molecular flexibility index (Phi) is 8.19. The number of benzene rings is 1. The van der Waals surface area contributed by atoms with Gasteiger partial charge in [0.25, 0.3) is 0 Å². The molecule has 1 aromatic carbocycles. The largest absolute Gasteiger partial charge is 0.378 e. The van der Waals surface area contributed by atoms with Gasteiger partial charge in [0.1, 0.15) is 15.0 Å². The average Bonchev–Trinajstić information content (AvgIpc) is 3.25. The van der Waals surface area contributed by atoms with E-state index in [1.807, 2.05) is 18.2 Å². The number of nitrogens with zero attached hydrogens (tertiary/aromatic N) is 3. The smallest absolute Gasteiger partial charge is 0.242 e. The molecule has 2 N–H and O–H groups in total. The third-order valence-corrected chi connectivity index (χ3v) is 10.1. The highest BCUT2D eigenvalue weighted by atomic mass is 35.5. The molecule has 1 aliphatic heterocycles. The minimum atomic E-state index is -3.66. The molecular formula is C24H29Cl2N5O3S2. The van der Waals surface area contributed by atoms with Crippen molar-refractivity contribution in [2.75, 3.05) is 49.6 Å². The Morgan fingerprint density at radius 2 is 1.72 bits per heavy atom. The van der Waals surface area contributed by atoms with Gasteiger partial charge < -0.3 is 15.0 Å². The summed E-state index contributed by atoms with van der Waals surface area (Å²) in [5, 5.41) is 4.52. The Morgan fingerprint density at radius 1 is 1.03 bits per heavy atom. The number of halogens is 2. The van der Waals surface area contributed by atoms with Crippen LogP contribution >= 0.6 is 34.5 Å². The van der Waals surface area contributed by atoms with Gasteiger partial charge in [-0.25, -0.2) is 18.1 Å². The van der Waals surface area contributed by atoms with E-state index in [1.165, 1.54) is 6.07 Å². The molecule has 0 bridgehead atoms. The lowest BCUT2D eigenvalue weighted by molar-refractivity contribution is 0.122. The first kappa shape index (κ1) is 25.9. The molecule has 3 aromatic rings. The number of sulfonamides is 1. The van der Waals surface area contributed by atoms with Gasteiger partial charge in [0.15, 0.2) is 0 Å². The van der Waals surface area contributed by atoms with Gasteiger partial charge in [-0.3, -0.25) is 0 Å². The maximum absolute atomic E-state index is 12.6. The summed E-state index contributed by atoms with van der Waals surface area (Å²) >= 11 is 13.0. The summed E-state index contributed by atoms with van der Waals surface area (Å²) in [5.74, 6) is 2.39. The van der Waals surface area contributed by atoms with Crippen molar-refractivity contribution in [3.8, 4) is 0 Å². The number of anilines is 2. The molecule has 0 radical (unpaired) electrons. The van der Waals surface area contributed by atoms with Crippen LogP contribution in [0.15, 0.2) is 35.2 Å². The zero-order valence-electron chi connectivity index (χ0n) is 19.8. The third kappa shape index (κ3) is 6.06. The number of para-hydroxylation sites is 1. The van der Waals surface area contributed by atoms with Gasteiger partial charge in [-0.2, -0.15) is 4.98 Å². The Morgan fingerprint density at radius 3 is 2.42 bits per heavy atom. The topological polar surface area (TPSA) is 96.5 Å². The van der Waals surface area contributed by atoms with Crippen LogP contribution in [0.4, 0.5) is 11.8 Å². The summed E-state index contributed by atoms with van der Waals surface area (Å²) in [5.41, 5.74) is 0.930. The number of thiophene rings is 1. The van der Waals surface area contributed by atoms with E-state index >= 15 is 0 Å². The highest BCUT2D eigenvalue weighted by Gasteiger charge is 2.26. The minimum absolute atomic E-state index is 0.0592. The first-order chi connectivity index (χ1) is 17.4. The first-order valence-corrected chi connectivity index (χ1v) is 15.2. The highest BCUT2D eigenvalue weighted by molar-refractivity contribution is 7.89. The molecule has 1 saturated heterocycles. The van der Waals surface area contributed by atoms with Crippen LogP contribution in [0.2, 0.25) is 8.67 Å². The molecule has 1 saturated carbocycles. The zero-order chi connectivity index (χ0) is 25.1. The number of hydrogen-bond acceptors (Lipinski definition) is 8. The van der Waals surface area contributed by atoms with E-state index in [4.69, 9.17) is 37.9 Å². The average molecular weight is 571 g/mol. The minimum Gasteiger partial charge on any atom is -0.378 e. The summed E-state index contributed by atoms with van der Waals surface area (Å²) in [6, 6.07) is 9.51. The molecule has 3 heterocycles. The van der Waals surface area contributed by atoms with Gasteiger partial charge in [-0.1, -0.05) is 35.3 Å². The molecule has 36 heavy (non-hydrogen) atoms. The second-order valence-electron chi connectivity index (χ2n) is 9.30. The van der Waals surface area contributed by atoms with E-state index < -0.39 is 10.0 Å². The molecule has 0 amide bonds. The Balaban J connectivity index is 1.15. The van der Waals surface area contributed by atoms with Crippen molar-refractivity contribution in [1.29, 1.82) is 0 Å². The van der Waals surface area contributed by atoms with Gasteiger partial charge in [-0.05, 0) is 55.7 Å². The van der Waals surface area contributed by atoms with Crippen molar-refractivity contribution in [1.82, 2.24) is 14.7 Å². The second kappa shape index (κ2) is 11.4. The molecule has 1 aliphatic carbocycles. The number of fused-ring (bicyclic) bond motifs is 1. The fourth-order valence-corrected chi connectivity index (χ4v) is 8.11. The number of aromatic nitrogens is 2. The number of hydrogen-bond donors (Lipinski definition) is 2. The molecule has 8 nitrogen and oxygen atoms in total. The molecule has 2 fully saturated rings.